The Labute approximate surface area is 150 Å². The summed E-state index contributed by atoms with van der Waals surface area (Å²) in [5, 5.41) is 7.18. The third kappa shape index (κ3) is 4.27. The number of thioether (sulfide) groups is 1. The first-order valence-electron chi connectivity index (χ1n) is 7.90. The fourth-order valence-electron chi connectivity index (χ4n) is 2.29. The molecule has 8 heteroatoms. The zero-order valence-electron chi connectivity index (χ0n) is 14.4. The Morgan fingerprint density at radius 2 is 1.92 bits per heavy atom. The maximum absolute atomic E-state index is 5.85. The third-order valence-electron chi connectivity index (χ3n) is 3.72. The number of nitrogen functional groups attached to an aromatic ring is 1. The highest BCUT2D eigenvalue weighted by Gasteiger charge is 2.16. The molecule has 0 amide bonds. The lowest BCUT2D eigenvalue weighted by Gasteiger charge is -2.12. The van der Waals surface area contributed by atoms with E-state index < -0.39 is 0 Å². The van der Waals surface area contributed by atoms with Crippen molar-refractivity contribution in [3.63, 3.8) is 0 Å². The summed E-state index contributed by atoms with van der Waals surface area (Å²) in [4.78, 5) is 12.9. The van der Waals surface area contributed by atoms with Crippen LogP contribution in [-0.2, 0) is 5.75 Å². The Morgan fingerprint density at radius 3 is 2.60 bits per heavy atom. The van der Waals surface area contributed by atoms with Crippen LogP contribution in [-0.4, -0.2) is 20.1 Å². The molecule has 130 valence electrons. The van der Waals surface area contributed by atoms with Gasteiger partial charge in [-0.1, -0.05) is 23.4 Å². The smallest absolute Gasteiger partial charge is 0.232 e. The molecule has 0 bridgehead atoms. The number of para-hydroxylation sites is 1. The predicted molar refractivity (Wildman–Crippen MR) is 99.7 cm³/mol. The summed E-state index contributed by atoms with van der Waals surface area (Å²) in [5.74, 6) is 2.91. The van der Waals surface area contributed by atoms with Gasteiger partial charge >= 0.3 is 0 Å². The molecule has 0 aliphatic rings. The number of benzene rings is 1. The highest BCUT2D eigenvalue weighted by atomic mass is 32.2. The van der Waals surface area contributed by atoms with Crippen LogP contribution in [0.15, 0.2) is 34.9 Å². The van der Waals surface area contributed by atoms with Gasteiger partial charge in [-0.25, -0.2) is 0 Å². The van der Waals surface area contributed by atoms with Gasteiger partial charge in [-0.3, -0.25) is 0 Å². The molecule has 0 unspecified atom stereocenters. The maximum Gasteiger partial charge on any atom is 0.232 e. The first-order valence-corrected chi connectivity index (χ1v) is 8.94. The van der Waals surface area contributed by atoms with Crippen LogP contribution < -0.4 is 11.1 Å². The summed E-state index contributed by atoms with van der Waals surface area (Å²) < 4.78 is 5.20. The zero-order chi connectivity index (χ0) is 17.8. The third-order valence-corrected chi connectivity index (χ3v) is 4.89. The van der Waals surface area contributed by atoms with Crippen LogP contribution in [0.5, 0.6) is 0 Å². The largest absolute Gasteiger partial charge is 0.368 e. The van der Waals surface area contributed by atoms with Crippen molar-refractivity contribution in [2.24, 2.45) is 0 Å². The summed E-state index contributed by atoms with van der Waals surface area (Å²) in [5.41, 5.74) is 8.78. The molecule has 25 heavy (non-hydrogen) atoms. The van der Waals surface area contributed by atoms with Crippen LogP contribution in [0, 0.1) is 13.8 Å². The van der Waals surface area contributed by atoms with Gasteiger partial charge in [-0.2, -0.15) is 15.0 Å². The van der Waals surface area contributed by atoms with Crippen molar-refractivity contribution in [3.8, 4) is 0 Å². The standard InChI is InChI=1S/C17H20N6OS/c1-10-14(11(2)24-23-10)9-25-12(3)15-20-16(18)22-17(21-15)19-13-7-5-4-6-8-13/h4-8,12H,9H2,1-3H3,(H3,18,19,20,21,22)/t12-/m0/s1. The molecular formula is C17H20N6OS. The fraction of sp³-hybridized carbons (Fsp3) is 0.294. The normalized spacial score (nSPS) is 12.1. The van der Waals surface area contributed by atoms with Crippen LogP contribution in [0.25, 0.3) is 0 Å². The van der Waals surface area contributed by atoms with E-state index in [0.717, 1.165) is 28.5 Å². The summed E-state index contributed by atoms with van der Waals surface area (Å²) in [6.07, 6.45) is 0. The van der Waals surface area contributed by atoms with Crippen LogP contribution in [0.2, 0.25) is 0 Å². The molecule has 0 saturated heterocycles. The summed E-state index contributed by atoms with van der Waals surface area (Å²) in [6.45, 7) is 5.91. The van der Waals surface area contributed by atoms with Crippen molar-refractivity contribution >= 4 is 29.3 Å². The van der Waals surface area contributed by atoms with Gasteiger partial charge < -0.3 is 15.6 Å². The summed E-state index contributed by atoms with van der Waals surface area (Å²) in [6, 6.07) is 9.71. The first kappa shape index (κ1) is 17.2. The molecular weight excluding hydrogens is 336 g/mol. The molecule has 1 aromatic carbocycles. The lowest BCUT2D eigenvalue weighted by molar-refractivity contribution is 0.392. The molecule has 3 aromatic rings. The number of rotatable bonds is 6. The van der Waals surface area contributed by atoms with Gasteiger partial charge in [0.1, 0.15) is 11.6 Å². The zero-order valence-corrected chi connectivity index (χ0v) is 15.2. The van der Waals surface area contributed by atoms with E-state index in [2.05, 4.69) is 25.4 Å². The average molecular weight is 356 g/mol. The molecule has 0 spiro atoms. The van der Waals surface area contributed by atoms with Gasteiger partial charge in [0, 0.05) is 17.0 Å². The lowest BCUT2D eigenvalue weighted by Crippen LogP contribution is -2.08. The second-order valence-electron chi connectivity index (χ2n) is 5.62. The van der Waals surface area contributed by atoms with Gasteiger partial charge in [-0.15, -0.1) is 11.8 Å². The topological polar surface area (TPSA) is 103 Å². The van der Waals surface area contributed by atoms with Crippen LogP contribution in [0.1, 0.15) is 35.0 Å². The van der Waals surface area contributed by atoms with E-state index in [4.69, 9.17) is 10.3 Å². The highest BCUT2D eigenvalue weighted by Crippen LogP contribution is 2.31. The van der Waals surface area contributed by atoms with Crippen LogP contribution in [0.3, 0.4) is 0 Å². The van der Waals surface area contributed by atoms with E-state index in [9.17, 15) is 0 Å². The number of nitrogens with zero attached hydrogens (tertiary/aromatic N) is 4. The number of anilines is 3. The summed E-state index contributed by atoms with van der Waals surface area (Å²) in [7, 11) is 0. The Balaban J connectivity index is 1.73. The van der Waals surface area contributed by atoms with Gasteiger partial charge in [0.25, 0.3) is 0 Å². The van der Waals surface area contributed by atoms with E-state index in [1.807, 2.05) is 51.1 Å². The van der Waals surface area contributed by atoms with E-state index in [-0.39, 0.29) is 11.2 Å². The van der Waals surface area contributed by atoms with Crippen LogP contribution >= 0.6 is 11.8 Å². The van der Waals surface area contributed by atoms with Crippen molar-refractivity contribution in [2.75, 3.05) is 11.1 Å². The van der Waals surface area contributed by atoms with Crippen molar-refractivity contribution < 1.29 is 4.52 Å². The summed E-state index contributed by atoms with van der Waals surface area (Å²) >= 11 is 1.70. The number of hydrogen-bond donors (Lipinski definition) is 2. The number of nitrogens with one attached hydrogen (secondary N) is 1. The average Bonchev–Trinajstić information content (AvgIpc) is 2.91. The molecule has 1 atom stereocenters. The Hall–Kier alpha value is -2.61. The predicted octanol–water partition coefficient (Wildman–Crippen LogP) is 3.80. The molecule has 0 saturated carbocycles. The molecule has 2 aromatic heterocycles. The van der Waals surface area contributed by atoms with Gasteiger partial charge in [0.2, 0.25) is 11.9 Å². The number of aryl methyl sites for hydroxylation is 2. The molecule has 0 radical (unpaired) electrons. The Kier molecular flexibility index (Phi) is 5.18. The van der Waals surface area contributed by atoms with Crippen molar-refractivity contribution in [2.45, 2.75) is 31.8 Å². The van der Waals surface area contributed by atoms with E-state index in [0.29, 0.717) is 11.8 Å². The second-order valence-corrected chi connectivity index (χ2v) is 6.95. The number of hydrogen-bond acceptors (Lipinski definition) is 8. The van der Waals surface area contributed by atoms with E-state index >= 15 is 0 Å². The molecule has 3 N–H and O–H groups in total. The Morgan fingerprint density at radius 1 is 1.16 bits per heavy atom. The van der Waals surface area contributed by atoms with Crippen molar-refractivity contribution in [1.29, 1.82) is 0 Å². The first-order chi connectivity index (χ1) is 12.0. The second kappa shape index (κ2) is 7.52. The SMILES string of the molecule is Cc1noc(C)c1CS[C@@H](C)c1nc(N)nc(Nc2ccccc2)n1. The molecule has 0 fully saturated rings. The monoisotopic (exact) mass is 356 g/mol. The number of nitrogens with two attached hydrogens (primary N) is 1. The Bertz CT molecular complexity index is 832. The molecule has 2 heterocycles. The van der Waals surface area contributed by atoms with E-state index in [1.165, 1.54) is 0 Å². The quantitative estimate of drug-likeness (QED) is 0.687. The molecule has 3 rings (SSSR count). The lowest BCUT2D eigenvalue weighted by atomic mass is 10.2. The minimum atomic E-state index is 0.0512. The van der Waals surface area contributed by atoms with Gasteiger partial charge in [0.05, 0.1) is 10.9 Å². The van der Waals surface area contributed by atoms with Crippen molar-refractivity contribution in [1.82, 2.24) is 20.1 Å². The van der Waals surface area contributed by atoms with Crippen molar-refractivity contribution in [3.05, 3.63) is 53.2 Å². The molecule has 0 aliphatic heterocycles. The highest BCUT2D eigenvalue weighted by molar-refractivity contribution is 7.98. The van der Waals surface area contributed by atoms with Gasteiger partial charge in [0.15, 0.2) is 0 Å². The fourth-order valence-corrected chi connectivity index (χ4v) is 3.37. The maximum atomic E-state index is 5.85. The van der Waals surface area contributed by atoms with Crippen LogP contribution in [0.4, 0.5) is 17.6 Å². The van der Waals surface area contributed by atoms with E-state index in [1.54, 1.807) is 11.8 Å². The minimum Gasteiger partial charge on any atom is -0.368 e. The van der Waals surface area contributed by atoms with Gasteiger partial charge in [-0.05, 0) is 32.9 Å². The number of aromatic nitrogens is 4. The molecule has 0 aliphatic carbocycles. The molecule has 7 nitrogen and oxygen atoms in total. The minimum absolute atomic E-state index is 0.0512.